The summed E-state index contributed by atoms with van der Waals surface area (Å²) in [5, 5.41) is 0. The SMILES string of the molecule is CC/C=C\C/C=C\C/C=C\C/C=C\C/C=C\CCCC(=O)OCC(COC(=O)C/C=C\C/C=C\C/C=C\CC)OC(=O)CCCCCCCCCCCCCCCCCCC. The Labute approximate surface area is 375 Å². The Hall–Kier alpha value is -3.67. The molecule has 0 radical (unpaired) electrons. The number of rotatable bonds is 43. The third-order valence-corrected chi connectivity index (χ3v) is 10.1. The summed E-state index contributed by atoms with van der Waals surface area (Å²) in [4.78, 5) is 37.7. The van der Waals surface area contributed by atoms with E-state index in [-0.39, 0.29) is 38.0 Å². The van der Waals surface area contributed by atoms with Gasteiger partial charge in [0.25, 0.3) is 0 Å². The zero-order valence-electron chi connectivity index (χ0n) is 39.4. The highest BCUT2D eigenvalue weighted by Gasteiger charge is 2.19. The van der Waals surface area contributed by atoms with E-state index in [1.165, 1.54) is 89.9 Å². The molecular formula is C55H90O6. The average molecular weight is 847 g/mol. The van der Waals surface area contributed by atoms with Crippen molar-refractivity contribution in [3.8, 4) is 0 Å². The molecule has 0 rings (SSSR count). The molecule has 6 nitrogen and oxygen atoms in total. The van der Waals surface area contributed by atoms with Crippen molar-refractivity contribution in [1.29, 1.82) is 0 Å². The first-order valence-corrected chi connectivity index (χ1v) is 24.7. The summed E-state index contributed by atoms with van der Waals surface area (Å²) in [5.41, 5.74) is 0. The number of esters is 3. The lowest BCUT2D eigenvalue weighted by atomic mass is 10.0. The molecule has 0 aliphatic heterocycles. The van der Waals surface area contributed by atoms with Crippen LogP contribution in [-0.4, -0.2) is 37.2 Å². The monoisotopic (exact) mass is 847 g/mol. The van der Waals surface area contributed by atoms with Gasteiger partial charge in [0.2, 0.25) is 0 Å². The summed E-state index contributed by atoms with van der Waals surface area (Å²) in [5.74, 6) is -1.12. The summed E-state index contributed by atoms with van der Waals surface area (Å²) >= 11 is 0. The molecule has 0 spiro atoms. The Balaban J connectivity index is 4.46. The molecule has 0 aromatic heterocycles. The molecule has 0 aromatic carbocycles. The van der Waals surface area contributed by atoms with Crippen molar-refractivity contribution >= 4 is 17.9 Å². The molecule has 6 heteroatoms. The Bertz CT molecular complexity index is 1250. The Morgan fingerprint density at radius 1 is 0.361 bits per heavy atom. The van der Waals surface area contributed by atoms with Crippen LogP contribution < -0.4 is 0 Å². The molecule has 0 saturated heterocycles. The van der Waals surface area contributed by atoms with E-state index < -0.39 is 12.1 Å². The molecular weight excluding hydrogens is 757 g/mol. The Morgan fingerprint density at radius 3 is 1.13 bits per heavy atom. The van der Waals surface area contributed by atoms with E-state index in [2.05, 4.69) is 106 Å². The van der Waals surface area contributed by atoms with Crippen molar-refractivity contribution in [3.05, 3.63) is 97.2 Å². The van der Waals surface area contributed by atoms with Gasteiger partial charge in [-0.1, -0.05) is 221 Å². The van der Waals surface area contributed by atoms with E-state index in [1.54, 1.807) is 6.08 Å². The van der Waals surface area contributed by atoms with Crippen molar-refractivity contribution < 1.29 is 28.6 Å². The molecule has 61 heavy (non-hydrogen) atoms. The molecule has 0 aliphatic rings. The van der Waals surface area contributed by atoms with Gasteiger partial charge < -0.3 is 14.2 Å². The topological polar surface area (TPSA) is 78.9 Å². The van der Waals surface area contributed by atoms with Gasteiger partial charge in [-0.3, -0.25) is 14.4 Å². The van der Waals surface area contributed by atoms with Gasteiger partial charge in [0.15, 0.2) is 6.10 Å². The molecule has 346 valence electrons. The first-order chi connectivity index (χ1) is 30.0. The van der Waals surface area contributed by atoms with Gasteiger partial charge in [-0.15, -0.1) is 0 Å². The molecule has 1 atom stereocenters. The van der Waals surface area contributed by atoms with Crippen LogP contribution in [0.1, 0.15) is 213 Å². The van der Waals surface area contributed by atoms with Gasteiger partial charge in [0, 0.05) is 12.8 Å². The third kappa shape index (κ3) is 47.2. The lowest BCUT2D eigenvalue weighted by Gasteiger charge is -2.18. The van der Waals surface area contributed by atoms with E-state index in [1.807, 2.05) is 6.08 Å². The first-order valence-electron chi connectivity index (χ1n) is 24.7. The largest absolute Gasteiger partial charge is 0.462 e. The number of hydrogen-bond donors (Lipinski definition) is 0. The summed E-state index contributed by atoms with van der Waals surface area (Å²) in [6, 6.07) is 0. The molecule has 0 fully saturated rings. The predicted molar refractivity (Wildman–Crippen MR) is 260 cm³/mol. The molecule has 0 bridgehead atoms. The van der Waals surface area contributed by atoms with Crippen LogP contribution in [0.3, 0.4) is 0 Å². The molecule has 0 amide bonds. The third-order valence-electron chi connectivity index (χ3n) is 10.1. The van der Waals surface area contributed by atoms with Crippen LogP contribution in [0.4, 0.5) is 0 Å². The van der Waals surface area contributed by atoms with Crippen LogP contribution in [0, 0.1) is 0 Å². The van der Waals surface area contributed by atoms with Gasteiger partial charge in [0.05, 0.1) is 6.42 Å². The van der Waals surface area contributed by atoms with Crippen LogP contribution in [0.2, 0.25) is 0 Å². The zero-order chi connectivity index (χ0) is 44.4. The Morgan fingerprint density at radius 2 is 0.705 bits per heavy atom. The van der Waals surface area contributed by atoms with Crippen LogP contribution >= 0.6 is 0 Å². The molecule has 1 unspecified atom stereocenters. The Kier molecular flexibility index (Phi) is 46.0. The van der Waals surface area contributed by atoms with Crippen LogP contribution in [0.15, 0.2) is 97.2 Å². The fourth-order valence-corrected chi connectivity index (χ4v) is 6.48. The molecule has 0 N–H and O–H groups in total. The number of ether oxygens (including phenoxy) is 3. The molecule has 0 heterocycles. The van der Waals surface area contributed by atoms with Crippen LogP contribution in [-0.2, 0) is 28.6 Å². The second-order valence-electron chi connectivity index (χ2n) is 16.0. The van der Waals surface area contributed by atoms with E-state index in [9.17, 15) is 14.4 Å². The standard InChI is InChI=1S/C55H90O6/c1-4-7-10-13-16-19-21-23-25-27-29-31-33-36-39-42-45-48-54(57)60-51-52(50-59-53(56)47-44-41-38-35-18-15-12-9-6-3)61-55(58)49-46-43-40-37-34-32-30-28-26-24-22-20-17-14-11-8-5-2/h7,9-10,12,16,18-19,23,25,29,31,35-36,39,41,44,52H,4-6,8,11,13-15,17,20-22,24,26-28,30,32-34,37-38,40,42-43,45-51H2,1-3H3/b10-7-,12-9-,19-16-,25-23-,31-29-,35-18-,39-36-,44-41-. The normalized spacial score (nSPS) is 12.9. The maximum atomic E-state index is 12.8. The highest BCUT2D eigenvalue weighted by atomic mass is 16.6. The minimum Gasteiger partial charge on any atom is -0.462 e. The van der Waals surface area contributed by atoms with Crippen LogP contribution in [0.25, 0.3) is 0 Å². The van der Waals surface area contributed by atoms with Crippen molar-refractivity contribution in [3.63, 3.8) is 0 Å². The fraction of sp³-hybridized carbons (Fsp3) is 0.655. The second-order valence-corrected chi connectivity index (χ2v) is 16.0. The summed E-state index contributed by atoms with van der Waals surface area (Å²) in [6.07, 6.45) is 64.4. The van der Waals surface area contributed by atoms with Gasteiger partial charge in [-0.2, -0.15) is 0 Å². The van der Waals surface area contributed by atoms with E-state index >= 15 is 0 Å². The summed E-state index contributed by atoms with van der Waals surface area (Å²) in [6.45, 7) is 6.25. The summed E-state index contributed by atoms with van der Waals surface area (Å²) < 4.78 is 16.6. The fourth-order valence-electron chi connectivity index (χ4n) is 6.48. The molecule has 0 aliphatic carbocycles. The van der Waals surface area contributed by atoms with E-state index in [0.717, 1.165) is 77.0 Å². The minimum atomic E-state index is -0.833. The second kappa shape index (κ2) is 49.0. The highest BCUT2D eigenvalue weighted by Crippen LogP contribution is 2.15. The minimum absolute atomic E-state index is 0.124. The maximum Gasteiger partial charge on any atom is 0.309 e. The van der Waals surface area contributed by atoms with Gasteiger partial charge in [0.1, 0.15) is 13.2 Å². The average Bonchev–Trinajstić information content (AvgIpc) is 3.26. The van der Waals surface area contributed by atoms with Crippen molar-refractivity contribution in [2.45, 2.75) is 219 Å². The number of carbonyl (C=O) groups is 3. The number of hydrogen-bond acceptors (Lipinski definition) is 6. The molecule has 0 saturated carbocycles. The van der Waals surface area contributed by atoms with E-state index in [0.29, 0.717) is 12.8 Å². The van der Waals surface area contributed by atoms with Gasteiger partial charge in [-0.05, 0) is 70.6 Å². The first kappa shape index (κ1) is 57.3. The lowest BCUT2D eigenvalue weighted by molar-refractivity contribution is -0.166. The number of carbonyl (C=O) groups excluding carboxylic acids is 3. The van der Waals surface area contributed by atoms with Gasteiger partial charge in [-0.25, -0.2) is 0 Å². The number of unbranched alkanes of at least 4 members (excludes halogenated alkanes) is 17. The highest BCUT2D eigenvalue weighted by molar-refractivity contribution is 5.72. The van der Waals surface area contributed by atoms with Gasteiger partial charge >= 0.3 is 17.9 Å². The number of allylic oxidation sites excluding steroid dienone is 15. The summed E-state index contributed by atoms with van der Waals surface area (Å²) in [7, 11) is 0. The molecule has 0 aromatic rings. The van der Waals surface area contributed by atoms with Crippen molar-refractivity contribution in [1.82, 2.24) is 0 Å². The lowest BCUT2D eigenvalue weighted by Crippen LogP contribution is -2.30. The predicted octanol–water partition coefficient (Wildman–Crippen LogP) is 16.2. The maximum absolute atomic E-state index is 12.8. The van der Waals surface area contributed by atoms with E-state index in [4.69, 9.17) is 14.2 Å². The zero-order valence-corrected chi connectivity index (χ0v) is 39.4. The quantitative estimate of drug-likeness (QED) is 0.0263. The van der Waals surface area contributed by atoms with Crippen LogP contribution in [0.5, 0.6) is 0 Å². The van der Waals surface area contributed by atoms with Crippen molar-refractivity contribution in [2.75, 3.05) is 13.2 Å². The smallest absolute Gasteiger partial charge is 0.309 e. The van der Waals surface area contributed by atoms with Crippen molar-refractivity contribution in [2.24, 2.45) is 0 Å².